The van der Waals surface area contributed by atoms with Crippen LogP contribution in [0, 0.1) is 0 Å². The highest BCUT2D eigenvalue weighted by molar-refractivity contribution is 5.97. The predicted octanol–water partition coefficient (Wildman–Crippen LogP) is 2.74. The quantitative estimate of drug-likeness (QED) is 0.733. The van der Waals surface area contributed by atoms with Crippen molar-refractivity contribution in [3.05, 3.63) is 71.7 Å². The molecule has 0 spiro atoms. The fourth-order valence-electron chi connectivity index (χ4n) is 3.61. The molecule has 0 saturated carbocycles. The Bertz CT molecular complexity index is 889. The summed E-state index contributed by atoms with van der Waals surface area (Å²) in [5.74, 6) is 0.645. The molecule has 1 aliphatic rings. The summed E-state index contributed by atoms with van der Waals surface area (Å²) in [6, 6.07) is 12.4. The number of carbonyl (C=O) groups excluding carboxylic acids is 1. The Kier molecular flexibility index (Phi) is 5.07. The van der Waals surface area contributed by atoms with Gasteiger partial charge in [0.05, 0.1) is 6.20 Å². The summed E-state index contributed by atoms with van der Waals surface area (Å²) in [5, 5.41) is 7.25. The van der Waals surface area contributed by atoms with E-state index in [0.29, 0.717) is 12.1 Å². The number of aromatic nitrogens is 3. The van der Waals surface area contributed by atoms with E-state index in [1.165, 1.54) is 31.5 Å². The smallest absolute Gasteiger partial charge is 0.256 e. The molecule has 3 heterocycles. The van der Waals surface area contributed by atoms with E-state index in [2.05, 4.69) is 39.6 Å². The normalized spacial score (nSPS) is 14.6. The second-order valence-electron chi connectivity index (χ2n) is 7.08. The van der Waals surface area contributed by atoms with Gasteiger partial charge < -0.3 is 9.88 Å². The van der Waals surface area contributed by atoms with Crippen LogP contribution < -0.4 is 5.32 Å². The zero-order valence-electron chi connectivity index (χ0n) is 15.6. The summed E-state index contributed by atoms with van der Waals surface area (Å²) in [7, 11) is 1.84. The van der Waals surface area contributed by atoms with Gasteiger partial charge in [0, 0.05) is 32.5 Å². The maximum atomic E-state index is 12.7. The molecule has 140 valence electrons. The van der Waals surface area contributed by atoms with Gasteiger partial charge in [-0.2, -0.15) is 5.10 Å². The van der Waals surface area contributed by atoms with Crippen molar-refractivity contribution in [1.82, 2.24) is 24.6 Å². The van der Waals surface area contributed by atoms with Crippen LogP contribution in [-0.2, 0) is 20.1 Å². The van der Waals surface area contributed by atoms with Crippen molar-refractivity contribution >= 4 is 5.91 Å². The topological polar surface area (TPSA) is 55.1 Å². The Hall–Kier alpha value is -2.86. The number of carbonyl (C=O) groups is 1. The monoisotopic (exact) mass is 363 g/mol. The van der Waals surface area contributed by atoms with E-state index in [1.807, 2.05) is 36.1 Å². The number of aryl methyl sites for hydroxylation is 1. The molecule has 6 heteroatoms. The molecule has 0 unspecified atom stereocenters. The minimum absolute atomic E-state index is 0.118. The van der Waals surface area contributed by atoms with Gasteiger partial charge in [0.1, 0.15) is 11.4 Å². The van der Waals surface area contributed by atoms with Crippen LogP contribution in [-0.4, -0.2) is 38.2 Å². The zero-order chi connectivity index (χ0) is 18.6. The van der Waals surface area contributed by atoms with Crippen LogP contribution in [0.5, 0.6) is 0 Å². The molecule has 0 atom stereocenters. The molecular weight excluding hydrogens is 338 g/mol. The first-order chi connectivity index (χ1) is 13.2. The second kappa shape index (κ2) is 7.80. The van der Waals surface area contributed by atoms with Crippen molar-refractivity contribution in [2.45, 2.75) is 25.9 Å². The Morgan fingerprint density at radius 2 is 1.74 bits per heavy atom. The lowest BCUT2D eigenvalue weighted by Gasteiger charge is -2.14. The predicted molar refractivity (Wildman–Crippen MR) is 105 cm³/mol. The summed E-state index contributed by atoms with van der Waals surface area (Å²) in [6.07, 6.45) is 8.05. The summed E-state index contributed by atoms with van der Waals surface area (Å²) < 4.78 is 3.61. The highest BCUT2D eigenvalue weighted by atomic mass is 16.1. The van der Waals surface area contributed by atoms with Crippen LogP contribution in [0.1, 0.15) is 34.3 Å². The van der Waals surface area contributed by atoms with Crippen molar-refractivity contribution in [2.24, 2.45) is 7.05 Å². The third kappa shape index (κ3) is 3.95. The van der Waals surface area contributed by atoms with Crippen molar-refractivity contribution in [3.63, 3.8) is 0 Å². The van der Waals surface area contributed by atoms with Gasteiger partial charge in [-0.15, -0.1) is 0 Å². The largest absolute Gasteiger partial charge is 0.348 e. The number of likely N-dealkylation sites (tertiary alicyclic amines) is 1. The van der Waals surface area contributed by atoms with Gasteiger partial charge in [0.25, 0.3) is 5.91 Å². The molecule has 1 amide bonds. The number of rotatable bonds is 6. The molecule has 3 aromatic rings. The Morgan fingerprint density at radius 3 is 2.44 bits per heavy atom. The first-order valence-corrected chi connectivity index (χ1v) is 9.44. The number of nitrogens with one attached hydrogen (secondary N) is 1. The lowest BCUT2D eigenvalue weighted by molar-refractivity contribution is 0.0951. The van der Waals surface area contributed by atoms with Crippen molar-refractivity contribution < 1.29 is 4.79 Å². The maximum absolute atomic E-state index is 12.7. The summed E-state index contributed by atoms with van der Waals surface area (Å²) >= 11 is 0. The molecule has 4 rings (SSSR count). The van der Waals surface area contributed by atoms with Crippen LogP contribution in [0.3, 0.4) is 0 Å². The van der Waals surface area contributed by atoms with E-state index in [1.54, 1.807) is 10.9 Å². The molecule has 0 bridgehead atoms. The van der Waals surface area contributed by atoms with Crippen molar-refractivity contribution in [2.75, 3.05) is 13.1 Å². The van der Waals surface area contributed by atoms with Gasteiger partial charge in [-0.05, 0) is 49.2 Å². The number of nitrogens with zero attached hydrogens (tertiary/aromatic N) is 4. The van der Waals surface area contributed by atoms with Crippen LogP contribution in [0.15, 0.2) is 55.0 Å². The molecule has 1 aromatic carbocycles. The number of hydrogen-bond acceptors (Lipinski definition) is 3. The molecule has 0 aliphatic carbocycles. The van der Waals surface area contributed by atoms with E-state index in [4.69, 9.17) is 0 Å². The van der Waals surface area contributed by atoms with Gasteiger partial charge in [-0.25, -0.2) is 0 Å². The molecule has 1 saturated heterocycles. The van der Waals surface area contributed by atoms with E-state index in [9.17, 15) is 4.79 Å². The standard InChI is InChI=1S/C21H25N5O/c1-24-21(26-12-4-5-13-26)19(15-23-24)20(27)22-14-17-6-8-18(9-7-17)16-25-10-2-3-11-25/h4-9,12-13,15H,2-3,10-11,14,16H2,1H3,(H,22,27). The third-order valence-electron chi connectivity index (χ3n) is 5.08. The highest BCUT2D eigenvalue weighted by Gasteiger charge is 2.17. The zero-order valence-corrected chi connectivity index (χ0v) is 15.6. The summed E-state index contributed by atoms with van der Waals surface area (Å²) in [5.41, 5.74) is 2.99. The van der Waals surface area contributed by atoms with E-state index in [0.717, 1.165) is 17.9 Å². The minimum Gasteiger partial charge on any atom is -0.348 e. The van der Waals surface area contributed by atoms with Crippen molar-refractivity contribution in [1.29, 1.82) is 0 Å². The summed E-state index contributed by atoms with van der Waals surface area (Å²) in [4.78, 5) is 15.1. The molecule has 0 radical (unpaired) electrons. The molecule has 1 N–H and O–H groups in total. The Morgan fingerprint density at radius 1 is 1.07 bits per heavy atom. The van der Waals surface area contributed by atoms with Gasteiger partial charge in [-0.1, -0.05) is 24.3 Å². The van der Waals surface area contributed by atoms with Gasteiger partial charge in [0.15, 0.2) is 0 Å². The second-order valence-corrected chi connectivity index (χ2v) is 7.08. The van der Waals surface area contributed by atoms with E-state index >= 15 is 0 Å². The fourth-order valence-corrected chi connectivity index (χ4v) is 3.61. The van der Waals surface area contributed by atoms with E-state index in [-0.39, 0.29) is 5.91 Å². The lowest BCUT2D eigenvalue weighted by atomic mass is 10.1. The van der Waals surface area contributed by atoms with Gasteiger partial charge in [-0.3, -0.25) is 14.4 Å². The number of hydrogen-bond donors (Lipinski definition) is 1. The van der Waals surface area contributed by atoms with Crippen molar-refractivity contribution in [3.8, 4) is 5.82 Å². The molecule has 1 fully saturated rings. The van der Waals surface area contributed by atoms with Gasteiger partial charge in [0.2, 0.25) is 0 Å². The average Bonchev–Trinajstić information content (AvgIpc) is 3.42. The Labute approximate surface area is 159 Å². The molecule has 27 heavy (non-hydrogen) atoms. The molecule has 2 aromatic heterocycles. The summed E-state index contributed by atoms with van der Waals surface area (Å²) in [6.45, 7) is 3.92. The van der Waals surface area contributed by atoms with E-state index < -0.39 is 0 Å². The molecule has 1 aliphatic heterocycles. The maximum Gasteiger partial charge on any atom is 0.256 e. The number of amides is 1. The van der Waals surface area contributed by atoms with Crippen LogP contribution in [0.25, 0.3) is 5.82 Å². The lowest BCUT2D eigenvalue weighted by Crippen LogP contribution is -2.24. The molecule has 6 nitrogen and oxygen atoms in total. The highest BCUT2D eigenvalue weighted by Crippen LogP contribution is 2.15. The third-order valence-corrected chi connectivity index (χ3v) is 5.08. The minimum atomic E-state index is -0.118. The fraction of sp³-hybridized carbons (Fsp3) is 0.333. The van der Waals surface area contributed by atoms with Crippen LogP contribution >= 0.6 is 0 Å². The van der Waals surface area contributed by atoms with Gasteiger partial charge >= 0.3 is 0 Å². The molecular formula is C21H25N5O. The Balaban J connectivity index is 1.38. The van der Waals surface area contributed by atoms with Crippen LogP contribution in [0.4, 0.5) is 0 Å². The number of benzene rings is 1. The SMILES string of the molecule is Cn1ncc(C(=O)NCc2ccc(CN3CCCC3)cc2)c1-n1cccc1. The first-order valence-electron chi connectivity index (χ1n) is 9.44. The van der Waals surface area contributed by atoms with Crippen LogP contribution in [0.2, 0.25) is 0 Å². The average molecular weight is 363 g/mol. The first kappa shape index (κ1) is 17.5.